The lowest BCUT2D eigenvalue weighted by atomic mass is 10.2. The molecule has 0 aliphatic rings. The molecule has 0 atom stereocenters. The van der Waals surface area contributed by atoms with E-state index in [0.29, 0.717) is 14.5 Å². The van der Waals surface area contributed by atoms with Gasteiger partial charge in [-0.2, -0.15) is 5.10 Å². The second kappa shape index (κ2) is 7.37. The van der Waals surface area contributed by atoms with Crippen LogP contribution in [0.4, 0.5) is 0 Å². The van der Waals surface area contributed by atoms with Gasteiger partial charge in [0, 0.05) is 16.2 Å². The quantitative estimate of drug-likeness (QED) is 0.578. The number of rotatable bonds is 4. The summed E-state index contributed by atoms with van der Waals surface area (Å²) in [5.74, 6) is -0.158. The molecule has 1 aromatic heterocycles. The van der Waals surface area contributed by atoms with Crippen LogP contribution < -0.4 is 10.2 Å². The molecule has 6 nitrogen and oxygen atoms in total. The molecule has 0 aliphatic heterocycles. The SMILES string of the molecule is COc1cc(C=NNC(=O)c2ccccn2)c(Br)c(Br)c1O. The van der Waals surface area contributed by atoms with Crippen molar-refractivity contribution in [2.75, 3.05) is 7.11 Å². The summed E-state index contributed by atoms with van der Waals surface area (Å²) in [5, 5.41) is 13.7. The van der Waals surface area contributed by atoms with E-state index < -0.39 is 5.91 Å². The molecule has 1 heterocycles. The molecule has 0 saturated heterocycles. The number of hydrazone groups is 1. The molecule has 2 aromatic rings. The number of hydrogen-bond donors (Lipinski definition) is 2. The number of aromatic nitrogens is 1. The molecular weight excluding hydrogens is 418 g/mol. The molecule has 114 valence electrons. The van der Waals surface area contributed by atoms with E-state index in [2.05, 4.69) is 47.4 Å². The largest absolute Gasteiger partial charge is 0.503 e. The van der Waals surface area contributed by atoms with Gasteiger partial charge in [0.15, 0.2) is 11.5 Å². The van der Waals surface area contributed by atoms with Gasteiger partial charge in [-0.3, -0.25) is 9.78 Å². The number of carbonyl (C=O) groups is 1. The van der Waals surface area contributed by atoms with Gasteiger partial charge in [-0.05, 0) is 50.1 Å². The third-order valence-corrected chi connectivity index (χ3v) is 4.82. The predicted molar refractivity (Wildman–Crippen MR) is 89.4 cm³/mol. The van der Waals surface area contributed by atoms with Crippen molar-refractivity contribution in [2.45, 2.75) is 0 Å². The average molecular weight is 429 g/mol. The summed E-state index contributed by atoms with van der Waals surface area (Å²) >= 11 is 6.57. The van der Waals surface area contributed by atoms with Gasteiger partial charge in [0.1, 0.15) is 5.69 Å². The van der Waals surface area contributed by atoms with Crippen LogP contribution in [0.5, 0.6) is 11.5 Å². The maximum atomic E-state index is 11.8. The number of methoxy groups -OCH3 is 1. The number of amides is 1. The Morgan fingerprint density at radius 3 is 2.82 bits per heavy atom. The van der Waals surface area contributed by atoms with E-state index in [4.69, 9.17) is 4.74 Å². The Morgan fingerprint density at radius 1 is 1.41 bits per heavy atom. The molecule has 2 rings (SSSR count). The highest BCUT2D eigenvalue weighted by atomic mass is 79.9. The maximum absolute atomic E-state index is 11.8. The molecule has 0 saturated carbocycles. The molecule has 0 fully saturated rings. The van der Waals surface area contributed by atoms with Gasteiger partial charge in [-0.15, -0.1) is 0 Å². The van der Waals surface area contributed by atoms with Crippen molar-refractivity contribution in [1.82, 2.24) is 10.4 Å². The van der Waals surface area contributed by atoms with E-state index in [1.54, 1.807) is 24.3 Å². The van der Waals surface area contributed by atoms with Crippen molar-refractivity contribution in [3.05, 3.63) is 50.7 Å². The fourth-order valence-corrected chi connectivity index (χ4v) is 2.41. The Morgan fingerprint density at radius 2 is 2.18 bits per heavy atom. The predicted octanol–water partition coefficient (Wildman–Crippen LogP) is 3.08. The van der Waals surface area contributed by atoms with E-state index in [1.165, 1.54) is 19.5 Å². The van der Waals surface area contributed by atoms with Crippen molar-refractivity contribution < 1.29 is 14.6 Å². The molecule has 0 radical (unpaired) electrons. The molecule has 0 unspecified atom stereocenters. The highest BCUT2D eigenvalue weighted by Crippen LogP contribution is 2.41. The first-order valence-corrected chi connectivity index (χ1v) is 7.62. The molecule has 0 spiro atoms. The second-order valence-corrected chi connectivity index (χ2v) is 5.64. The zero-order valence-electron chi connectivity index (χ0n) is 11.4. The Bertz CT molecular complexity index is 721. The van der Waals surface area contributed by atoms with Gasteiger partial charge >= 0.3 is 0 Å². The summed E-state index contributed by atoms with van der Waals surface area (Å²) < 4.78 is 6.08. The first kappa shape index (κ1) is 16.4. The van der Waals surface area contributed by atoms with Crippen LogP contribution in [-0.4, -0.2) is 29.3 Å². The standard InChI is InChI=1S/C14H11Br2N3O3/c1-22-10-6-8(11(15)12(16)13(10)20)7-18-19-14(21)9-4-2-3-5-17-9/h2-7,20H,1H3,(H,19,21). The topological polar surface area (TPSA) is 83.8 Å². The first-order chi connectivity index (χ1) is 10.5. The number of aromatic hydroxyl groups is 1. The normalized spacial score (nSPS) is 10.7. The molecule has 0 aliphatic carbocycles. The summed E-state index contributed by atoms with van der Waals surface area (Å²) in [6.45, 7) is 0. The third kappa shape index (κ3) is 3.63. The van der Waals surface area contributed by atoms with E-state index in [0.717, 1.165) is 0 Å². The maximum Gasteiger partial charge on any atom is 0.289 e. The molecule has 1 amide bonds. The summed E-state index contributed by atoms with van der Waals surface area (Å²) in [5.41, 5.74) is 3.26. The number of hydrogen-bond acceptors (Lipinski definition) is 5. The minimum Gasteiger partial charge on any atom is -0.503 e. The summed E-state index contributed by atoms with van der Waals surface area (Å²) in [6, 6.07) is 6.60. The van der Waals surface area contributed by atoms with Crippen LogP contribution in [0.3, 0.4) is 0 Å². The molecule has 0 bridgehead atoms. The number of carbonyl (C=O) groups excluding carboxylic acids is 1. The lowest BCUT2D eigenvalue weighted by molar-refractivity contribution is 0.0950. The number of benzene rings is 1. The van der Waals surface area contributed by atoms with Gasteiger partial charge in [0.2, 0.25) is 0 Å². The number of nitrogens with one attached hydrogen (secondary N) is 1. The van der Waals surface area contributed by atoms with E-state index in [9.17, 15) is 9.90 Å². The van der Waals surface area contributed by atoms with Crippen LogP contribution in [0.15, 0.2) is 44.5 Å². The van der Waals surface area contributed by atoms with Crippen molar-refractivity contribution in [3.8, 4) is 11.5 Å². The third-order valence-electron chi connectivity index (χ3n) is 2.66. The lowest BCUT2D eigenvalue weighted by Gasteiger charge is -2.09. The Labute approximate surface area is 143 Å². The number of pyridine rings is 1. The number of phenolic OH excluding ortho intramolecular Hbond substituents is 1. The minimum absolute atomic E-state index is 0.0240. The van der Waals surface area contributed by atoms with Crippen molar-refractivity contribution in [1.29, 1.82) is 0 Å². The van der Waals surface area contributed by atoms with Crippen molar-refractivity contribution >= 4 is 44.0 Å². The van der Waals surface area contributed by atoms with Gasteiger partial charge in [-0.1, -0.05) is 6.07 Å². The van der Waals surface area contributed by atoms with E-state index in [1.807, 2.05) is 0 Å². The monoisotopic (exact) mass is 427 g/mol. The van der Waals surface area contributed by atoms with Crippen molar-refractivity contribution in [2.24, 2.45) is 5.10 Å². The van der Waals surface area contributed by atoms with Gasteiger partial charge < -0.3 is 9.84 Å². The first-order valence-electron chi connectivity index (χ1n) is 6.04. The number of halogens is 2. The van der Waals surface area contributed by atoms with Crippen molar-refractivity contribution in [3.63, 3.8) is 0 Å². The molecular formula is C14H11Br2N3O3. The average Bonchev–Trinajstić information content (AvgIpc) is 2.55. The lowest BCUT2D eigenvalue weighted by Crippen LogP contribution is -2.18. The van der Waals surface area contributed by atoms with Crippen LogP contribution in [0, 0.1) is 0 Å². The minimum atomic E-state index is -0.419. The van der Waals surface area contributed by atoms with Crippen LogP contribution in [0.1, 0.15) is 16.1 Å². The van der Waals surface area contributed by atoms with Crippen LogP contribution in [0.25, 0.3) is 0 Å². The summed E-state index contributed by atoms with van der Waals surface area (Å²) in [6.07, 6.45) is 2.95. The number of ether oxygens (including phenoxy) is 1. The Hall–Kier alpha value is -1.93. The van der Waals surface area contributed by atoms with Crippen LogP contribution in [0.2, 0.25) is 0 Å². The smallest absolute Gasteiger partial charge is 0.289 e. The van der Waals surface area contributed by atoms with Gasteiger partial charge in [0.25, 0.3) is 5.91 Å². The molecule has 8 heteroatoms. The molecule has 1 aromatic carbocycles. The van der Waals surface area contributed by atoms with E-state index in [-0.39, 0.29) is 17.2 Å². The van der Waals surface area contributed by atoms with Crippen LogP contribution >= 0.6 is 31.9 Å². The Kier molecular flexibility index (Phi) is 5.51. The van der Waals surface area contributed by atoms with Crippen LogP contribution in [-0.2, 0) is 0 Å². The number of nitrogens with zero attached hydrogens (tertiary/aromatic N) is 2. The zero-order chi connectivity index (χ0) is 16.1. The highest BCUT2D eigenvalue weighted by Gasteiger charge is 2.13. The Balaban J connectivity index is 2.17. The summed E-state index contributed by atoms with van der Waals surface area (Å²) in [4.78, 5) is 15.7. The molecule has 2 N–H and O–H groups in total. The fraction of sp³-hybridized carbons (Fsp3) is 0.0714. The summed E-state index contributed by atoms with van der Waals surface area (Å²) in [7, 11) is 1.44. The number of phenols is 1. The fourth-order valence-electron chi connectivity index (χ4n) is 1.58. The van der Waals surface area contributed by atoms with E-state index >= 15 is 0 Å². The molecule has 22 heavy (non-hydrogen) atoms. The van der Waals surface area contributed by atoms with Gasteiger partial charge in [0.05, 0.1) is 17.8 Å². The van der Waals surface area contributed by atoms with Gasteiger partial charge in [-0.25, -0.2) is 5.43 Å². The zero-order valence-corrected chi connectivity index (χ0v) is 14.6. The highest BCUT2D eigenvalue weighted by molar-refractivity contribution is 9.13. The second-order valence-electron chi connectivity index (χ2n) is 4.06.